The third kappa shape index (κ3) is 6.24. The highest BCUT2D eigenvalue weighted by Gasteiger charge is 2.17. The van der Waals surface area contributed by atoms with Gasteiger partial charge in [-0.15, -0.1) is 0 Å². The lowest BCUT2D eigenvalue weighted by atomic mass is 10.1. The van der Waals surface area contributed by atoms with Gasteiger partial charge in [0.15, 0.2) is 0 Å². The van der Waals surface area contributed by atoms with E-state index in [0.29, 0.717) is 24.7 Å². The minimum Gasteiger partial charge on any atom is -0.497 e. The molecule has 7 heteroatoms. The lowest BCUT2D eigenvalue weighted by Crippen LogP contribution is -2.32. The zero-order valence-corrected chi connectivity index (χ0v) is 17.7. The summed E-state index contributed by atoms with van der Waals surface area (Å²) in [5.74, 6) is 1.70. The molecule has 0 unspecified atom stereocenters. The van der Waals surface area contributed by atoms with Crippen LogP contribution in [0.15, 0.2) is 48.0 Å². The highest BCUT2D eigenvalue weighted by Crippen LogP contribution is 2.25. The van der Waals surface area contributed by atoms with E-state index in [1.165, 1.54) is 0 Å². The number of ether oxygens (including phenoxy) is 4. The van der Waals surface area contributed by atoms with E-state index >= 15 is 0 Å². The van der Waals surface area contributed by atoms with Gasteiger partial charge in [-0.2, -0.15) is 5.26 Å². The molecule has 0 saturated carbocycles. The molecule has 1 atom stereocenters. The van der Waals surface area contributed by atoms with E-state index in [1.807, 2.05) is 24.3 Å². The fourth-order valence-electron chi connectivity index (χ4n) is 3.24. The summed E-state index contributed by atoms with van der Waals surface area (Å²) in [4.78, 5) is 12.3. The van der Waals surface area contributed by atoms with Gasteiger partial charge in [0.2, 0.25) is 0 Å². The van der Waals surface area contributed by atoms with Gasteiger partial charge in [0, 0.05) is 18.7 Å². The quantitative estimate of drug-likeness (QED) is 0.492. The van der Waals surface area contributed by atoms with Crippen molar-refractivity contribution in [3.05, 3.63) is 59.2 Å². The number of nitrogens with zero attached hydrogens (tertiary/aromatic N) is 1. The van der Waals surface area contributed by atoms with Crippen LogP contribution in [0, 0.1) is 11.3 Å². The molecule has 2 aromatic rings. The summed E-state index contributed by atoms with van der Waals surface area (Å²) < 4.78 is 21.9. The summed E-state index contributed by atoms with van der Waals surface area (Å²) in [6, 6.07) is 14.7. The Kier molecular flexibility index (Phi) is 7.91. The van der Waals surface area contributed by atoms with Crippen LogP contribution in [0.2, 0.25) is 0 Å². The Morgan fingerprint density at radius 3 is 2.61 bits per heavy atom. The van der Waals surface area contributed by atoms with Crippen LogP contribution < -0.4 is 19.5 Å². The van der Waals surface area contributed by atoms with Crippen molar-refractivity contribution in [1.29, 1.82) is 5.26 Å². The van der Waals surface area contributed by atoms with E-state index in [2.05, 4.69) is 5.32 Å². The molecular weight excluding hydrogens is 396 g/mol. The molecule has 7 nitrogen and oxygen atoms in total. The molecule has 0 spiro atoms. The van der Waals surface area contributed by atoms with Crippen molar-refractivity contribution in [2.45, 2.75) is 25.6 Å². The second-order valence-electron chi connectivity index (χ2n) is 7.05. The third-order valence-corrected chi connectivity index (χ3v) is 4.95. The number of hydrogen-bond donors (Lipinski definition) is 1. The molecule has 0 radical (unpaired) electrons. The predicted molar refractivity (Wildman–Crippen MR) is 116 cm³/mol. The fourth-order valence-corrected chi connectivity index (χ4v) is 3.24. The molecule has 1 aliphatic rings. The third-order valence-electron chi connectivity index (χ3n) is 4.95. The van der Waals surface area contributed by atoms with Crippen molar-refractivity contribution < 1.29 is 23.7 Å². The second-order valence-corrected chi connectivity index (χ2v) is 7.05. The Balaban J connectivity index is 1.60. The number of methoxy groups -OCH3 is 2. The first-order valence-corrected chi connectivity index (χ1v) is 10.1. The number of nitriles is 1. The van der Waals surface area contributed by atoms with Crippen molar-refractivity contribution in [1.82, 2.24) is 5.32 Å². The molecule has 31 heavy (non-hydrogen) atoms. The average Bonchev–Trinajstić information content (AvgIpc) is 3.34. The van der Waals surface area contributed by atoms with Gasteiger partial charge in [-0.3, -0.25) is 4.79 Å². The largest absolute Gasteiger partial charge is 0.497 e. The highest BCUT2D eigenvalue weighted by molar-refractivity contribution is 6.01. The molecule has 1 amide bonds. The maximum atomic E-state index is 12.3. The van der Waals surface area contributed by atoms with Crippen LogP contribution >= 0.6 is 0 Å². The van der Waals surface area contributed by atoms with E-state index in [9.17, 15) is 10.1 Å². The number of carbonyl (C=O) groups is 1. The monoisotopic (exact) mass is 422 g/mol. The van der Waals surface area contributed by atoms with Crippen molar-refractivity contribution in [2.75, 3.05) is 27.4 Å². The second kappa shape index (κ2) is 11.0. The molecule has 162 valence electrons. The van der Waals surface area contributed by atoms with Gasteiger partial charge in [0.05, 0.1) is 20.3 Å². The fraction of sp³-hybridized carbons (Fsp3) is 0.333. The minimum atomic E-state index is -0.400. The first-order valence-electron chi connectivity index (χ1n) is 10.1. The van der Waals surface area contributed by atoms with Crippen LogP contribution in [0.3, 0.4) is 0 Å². The summed E-state index contributed by atoms with van der Waals surface area (Å²) in [5.41, 5.74) is 1.64. The Hall–Kier alpha value is -3.50. The van der Waals surface area contributed by atoms with Gasteiger partial charge in [-0.05, 0) is 54.8 Å². The summed E-state index contributed by atoms with van der Waals surface area (Å²) >= 11 is 0. The van der Waals surface area contributed by atoms with Gasteiger partial charge in [0.25, 0.3) is 5.91 Å². The number of hydrogen-bond acceptors (Lipinski definition) is 6. The SMILES string of the molecule is COc1ccc(OC)c(COc2ccc(/C=C(\C#N)C(=O)NC[C@H]3CCCO3)cc2)c1. The first-order chi connectivity index (χ1) is 15.1. The van der Waals surface area contributed by atoms with Crippen LogP contribution in [0.5, 0.6) is 17.2 Å². The number of amides is 1. The van der Waals surface area contributed by atoms with Crippen LogP contribution in [0.1, 0.15) is 24.0 Å². The van der Waals surface area contributed by atoms with Crippen LogP contribution in [-0.2, 0) is 16.1 Å². The Labute approximate surface area is 182 Å². The number of carbonyl (C=O) groups excluding carboxylic acids is 1. The van der Waals surface area contributed by atoms with E-state index in [4.69, 9.17) is 18.9 Å². The zero-order chi connectivity index (χ0) is 22.1. The standard InChI is InChI=1S/C24H26N2O5/c1-28-21-9-10-23(29-2)19(13-21)16-31-20-7-5-17(6-8-20)12-18(14-25)24(27)26-15-22-4-3-11-30-22/h5-10,12-13,22H,3-4,11,15-16H2,1-2H3,(H,26,27)/b18-12+/t22-/m1/s1. The van der Waals surface area contributed by atoms with Crippen LogP contribution in [0.4, 0.5) is 0 Å². The normalized spacial score (nSPS) is 15.8. The van der Waals surface area contributed by atoms with Gasteiger partial charge in [0.1, 0.15) is 35.5 Å². The predicted octanol–water partition coefficient (Wildman–Crippen LogP) is 3.48. The summed E-state index contributed by atoms with van der Waals surface area (Å²) in [7, 11) is 3.22. The molecule has 1 saturated heterocycles. The van der Waals surface area contributed by atoms with E-state index < -0.39 is 5.91 Å². The average molecular weight is 422 g/mol. The van der Waals surface area contributed by atoms with Crippen molar-refractivity contribution in [2.24, 2.45) is 0 Å². The molecule has 1 N–H and O–H groups in total. The minimum absolute atomic E-state index is 0.0310. The van der Waals surface area contributed by atoms with Gasteiger partial charge < -0.3 is 24.3 Å². The Morgan fingerprint density at radius 2 is 1.97 bits per heavy atom. The number of nitrogens with one attached hydrogen (secondary N) is 1. The molecule has 2 aromatic carbocycles. The summed E-state index contributed by atoms with van der Waals surface area (Å²) in [5, 5.41) is 12.1. The molecule has 1 aliphatic heterocycles. The maximum Gasteiger partial charge on any atom is 0.262 e. The summed E-state index contributed by atoms with van der Waals surface area (Å²) in [6.07, 6.45) is 3.51. The van der Waals surface area contributed by atoms with E-state index in [0.717, 1.165) is 36.3 Å². The molecular formula is C24H26N2O5. The van der Waals surface area contributed by atoms with Gasteiger partial charge in [-0.1, -0.05) is 12.1 Å². The lowest BCUT2D eigenvalue weighted by Gasteiger charge is -2.12. The Bertz CT molecular complexity index is 957. The number of rotatable bonds is 9. The van der Waals surface area contributed by atoms with Crippen LogP contribution in [0.25, 0.3) is 6.08 Å². The van der Waals surface area contributed by atoms with Crippen molar-refractivity contribution >= 4 is 12.0 Å². The maximum absolute atomic E-state index is 12.3. The smallest absolute Gasteiger partial charge is 0.262 e. The molecule has 0 aliphatic carbocycles. The van der Waals surface area contributed by atoms with Crippen molar-refractivity contribution in [3.63, 3.8) is 0 Å². The molecule has 0 aromatic heterocycles. The van der Waals surface area contributed by atoms with E-state index in [1.54, 1.807) is 44.6 Å². The van der Waals surface area contributed by atoms with Crippen LogP contribution in [-0.4, -0.2) is 39.4 Å². The Morgan fingerprint density at radius 1 is 1.19 bits per heavy atom. The van der Waals surface area contributed by atoms with Crippen molar-refractivity contribution in [3.8, 4) is 23.3 Å². The van der Waals surface area contributed by atoms with E-state index in [-0.39, 0.29) is 11.7 Å². The molecule has 1 heterocycles. The number of benzene rings is 2. The summed E-state index contributed by atoms with van der Waals surface area (Å²) in [6.45, 7) is 1.45. The lowest BCUT2D eigenvalue weighted by molar-refractivity contribution is -0.117. The molecule has 0 bridgehead atoms. The molecule has 1 fully saturated rings. The topological polar surface area (TPSA) is 89.8 Å². The van der Waals surface area contributed by atoms with Gasteiger partial charge >= 0.3 is 0 Å². The molecule has 3 rings (SSSR count). The first kappa shape index (κ1) is 22.2. The zero-order valence-electron chi connectivity index (χ0n) is 17.7. The van der Waals surface area contributed by atoms with Gasteiger partial charge in [-0.25, -0.2) is 0 Å². The highest BCUT2D eigenvalue weighted by atomic mass is 16.5.